The van der Waals surface area contributed by atoms with Crippen molar-refractivity contribution < 1.29 is 31.1 Å². The number of benzene rings is 1. The molecule has 2 aromatic heterocycles. The van der Waals surface area contributed by atoms with Gasteiger partial charge in [0.15, 0.2) is 9.84 Å². The number of alkyl halides is 3. The predicted molar refractivity (Wildman–Crippen MR) is 138 cm³/mol. The number of thiophene rings is 1. The van der Waals surface area contributed by atoms with Gasteiger partial charge in [-0.3, -0.25) is 4.79 Å². The summed E-state index contributed by atoms with van der Waals surface area (Å²) in [7, 11) is -3.93. The van der Waals surface area contributed by atoms with Gasteiger partial charge in [-0.25, -0.2) is 18.4 Å². The van der Waals surface area contributed by atoms with Crippen LogP contribution >= 0.6 is 22.9 Å². The van der Waals surface area contributed by atoms with E-state index < -0.39 is 33.2 Å². The molecule has 1 saturated heterocycles. The molecule has 0 spiro atoms. The van der Waals surface area contributed by atoms with E-state index in [9.17, 15) is 26.4 Å². The molecule has 15 heteroatoms. The fourth-order valence-corrected chi connectivity index (χ4v) is 7.89. The van der Waals surface area contributed by atoms with Gasteiger partial charge in [-0.15, -0.1) is 11.3 Å². The Hall–Kier alpha value is -2.78. The summed E-state index contributed by atoms with van der Waals surface area (Å²) >= 11 is 7.09. The number of hydrogen-bond donors (Lipinski definition) is 2. The van der Waals surface area contributed by atoms with E-state index in [2.05, 4.69) is 20.6 Å². The molecule has 0 aliphatic carbocycles. The van der Waals surface area contributed by atoms with Gasteiger partial charge in [-0.2, -0.15) is 13.2 Å². The number of hydrogen-bond acceptors (Lipinski definition) is 9. The molecule has 0 bridgehead atoms. The maximum atomic E-state index is 14.0. The van der Waals surface area contributed by atoms with Crippen LogP contribution in [0, 0.1) is 0 Å². The Labute approximate surface area is 230 Å². The fraction of sp³-hybridized carbons (Fsp3) is 0.375. The quantitative estimate of drug-likeness (QED) is 0.464. The van der Waals surface area contributed by atoms with E-state index in [1.54, 1.807) is 6.07 Å². The Balaban J connectivity index is 1.42. The highest BCUT2D eigenvalue weighted by Gasteiger charge is 2.41. The third-order valence-corrected chi connectivity index (χ3v) is 10.2. The van der Waals surface area contributed by atoms with E-state index in [0.29, 0.717) is 34.8 Å². The molecular weight excluding hydrogens is 579 g/mol. The topological polar surface area (TPSA) is 114 Å². The molecule has 0 saturated carbocycles. The van der Waals surface area contributed by atoms with Gasteiger partial charge in [0.2, 0.25) is 5.95 Å². The van der Waals surface area contributed by atoms with Gasteiger partial charge >= 0.3 is 6.18 Å². The van der Waals surface area contributed by atoms with Crippen LogP contribution in [-0.4, -0.2) is 67.3 Å². The first kappa shape index (κ1) is 26.4. The van der Waals surface area contributed by atoms with Crippen molar-refractivity contribution >= 4 is 50.3 Å². The molecule has 1 amide bonds. The number of halogens is 4. The number of fused-ring (bicyclic) bond motifs is 2. The van der Waals surface area contributed by atoms with Crippen molar-refractivity contribution in [3.63, 3.8) is 0 Å². The number of rotatable bonds is 4. The molecule has 39 heavy (non-hydrogen) atoms. The zero-order valence-electron chi connectivity index (χ0n) is 20.1. The highest BCUT2D eigenvalue weighted by Crippen LogP contribution is 2.42. The number of nitrogens with one attached hydrogen (secondary N) is 2. The minimum atomic E-state index is -4.83. The largest absolute Gasteiger partial charge is 0.420 e. The van der Waals surface area contributed by atoms with Crippen molar-refractivity contribution in [2.24, 2.45) is 0 Å². The number of aromatic nitrogens is 2. The Bertz CT molecular complexity index is 1590. The average molecular weight is 600 g/mol. The molecule has 3 aliphatic rings. The SMILES string of the molecule is O=C1c2sc(-c3nc(Nc4cc5c(cc4Cl)CNCC5)ncc3C(F)(F)F)cc2S(=O)(=O)CCN1C1COC1. The smallest absolute Gasteiger partial charge is 0.377 e. The molecule has 9 nitrogen and oxygen atoms in total. The van der Waals surface area contributed by atoms with Gasteiger partial charge in [-0.1, -0.05) is 11.6 Å². The van der Waals surface area contributed by atoms with Crippen molar-refractivity contribution in [2.75, 3.05) is 37.4 Å². The first-order chi connectivity index (χ1) is 18.5. The van der Waals surface area contributed by atoms with Crippen molar-refractivity contribution in [1.82, 2.24) is 20.2 Å². The lowest BCUT2D eigenvalue weighted by molar-refractivity contribution is -0.137. The van der Waals surface area contributed by atoms with E-state index in [4.69, 9.17) is 16.3 Å². The second-order valence-electron chi connectivity index (χ2n) is 9.42. The molecule has 206 valence electrons. The number of carbonyl (C=O) groups is 1. The zero-order valence-corrected chi connectivity index (χ0v) is 22.5. The number of ether oxygens (including phenoxy) is 1. The number of carbonyl (C=O) groups excluding carboxylic acids is 1. The maximum Gasteiger partial charge on any atom is 0.420 e. The summed E-state index contributed by atoms with van der Waals surface area (Å²) in [5.41, 5.74) is 0.819. The van der Waals surface area contributed by atoms with Crippen LogP contribution < -0.4 is 10.6 Å². The first-order valence-corrected chi connectivity index (χ1v) is 14.8. The molecule has 3 aromatic rings. The van der Waals surface area contributed by atoms with Crippen LogP contribution in [0.5, 0.6) is 0 Å². The van der Waals surface area contributed by atoms with Crippen molar-refractivity contribution in [3.8, 4) is 10.6 Å². The summed E-state index contributed by atoms with van der Waals surface area (Å²) in [6.07, 6.45) is -3.43. The Morgan fingerprint density at radius 2 is 2.00 bits per heavy atom. The number of anilines is 2. The Morgan fingerprint density at radius 3 is 2.72 bits per heavy atom. The van der Waals surface area contributed by atoms with Gasteiger partial charge in [0.25, 0.3) is 5.91 Å². The third kappa shape index (κ3) is 4.88. The summed E-state index contributed by atoms with van der Waals surface area (Å²) in [4.78, 5) is 22.2. The van der Waals surface area contributed by atoms with E-state index in [1.807, 2.05) is 6.07 Å². The molecule has 3 aliphatic heterocycles. The monoisotopic (exact) mass is 599 g/mol. The molecule has 6 rings (SSSR count). The van der Waals surface area contributed by atoms with Gasteiger partial charge in [0.05, 0.1) is 51.2 Å². The van der Waals surface area contributed by atoms with Crippen molar-refractivity contribution in [2.45, 2.75) is 30.1 Å². The summed E-state index contributed by atoms with van der Waals surface area (Å²) in [6.45, 7) is 1.98. The van der Waals surface area contributed by atoms with Gasteiger partial charge in [0.1, 0.15) is 10.4 Å². The number of amides is 1. The molecule has 5 heterocycles. The third-order valence-electron chi connectivity index (χ3n) is 6.90. The minimum Gasteiger partial charge on any atom is -0.377 e. The van der Waals surface area contributed by atoms with Gasteiger partial charge in [-0.05, 0) is 42.3 Å². The number of sulfone groups is 1. The molecule has 0 unspecified atom stereocenters. The standard InChI is InChI=1S/C24H21ClF3N5O4S2/c25-16-5-13-8-29-2-1-12(13)6-17(16)31-23-30-9-15(24(26,27)28)20(32-23)18-7-19-21(38-18)22(34)33(14-10-37-11-14)3-4-39(19,35)36/h5-7,9,14,29H,1-4,8,10-11H2,(H,30,31,32). The Morgan fingerprint density at radius 1 is 1.21 bits per heavy atom. The van der Waals surface area contributed by atoms with Crippen LogP contribution in [0.2, 0.25) is 5.02 Å². The van der Waals surface area contributed by atoms with E-state index in [-0.39, 0.29) is 52.2 Å². The van der Waals surface area contributed by atoms with E-state index in [0.717, 1.165) is 30.2 Å². The molecule has 1 aromatic carbocycles. The molecule has 2 N–H and O–H groups in total. The minimum absolute atomic E-state index is 0.0150. The predicted octanol–water partition coefficient (Wildman–Crippen LogP) is 3.89. The molecule has 0 atom stereocenters. The van der Waals surface area contributed by atoms with Crippen LogP contribution in [0.1, 0.15) is 26.4 Å². The van der Waals surface area contributed by atoms with Crippen LogP contribution in [0.4, 0.5) is 24.8 Å². The fourth-order valence-electron chi connectivity index (χ4n) is 4.74. The lowest BCUT2D eigenvalue weighted by atomic mass is 10.0. The van der Waals surface area contributed by atoms with E-state index >= 15 is 0 Å². The summed E-state index contributed by atoms with van der Waals surface area (Å²) in [5.74, 6) is -1.04. The van der Waals surface area contributed by atoms with Crippen LogP contribution in [0.25, 0.3) is 10.6 Å². The van der Waals surface area contributed by atoms with Gasteiger partial charge in [0, 0.05) is 19.3 Å². The summed E-state index contributed by atoms with van der Waals surface area (Å²) in [6, 6.07) is 4.43. The van der Waals surface area contributed by atoms with E-state index in [1.165, 1.54) is 4.90 Å². The average Bonchev–Trinajstić information content (AvgIpc) is 3.28. The molecule has 1 fully saturated rings. The Kier molecular flexibility index (Phi) is 6.57. The summed E-state index contributed by atoms with van der Waals surface area (Å²) < 4.78 is 73.2. The lowest BCUT2D eigenvalue weighted by Gasteiger charge is -2.36. The zero-order chi connectivity index (χ0) is 27.5. The second kappa shape index (κ2) is 9.70. The first-order valence-electron chi connectivity index (χ1n) is 12.0. The summed E-state index contributed by atoms with van der Waals surface area (Å²) in [5, 5.41) is 6.50. The van der Waals surface area contributed by atoms with Crippen LogP contribution in [-0.2, 0) is 33.7 Å². The normalized spacial score (nSPS) is 19.2. The van der Waals surface area contributed by atoms with Crippen LogP contribution in [0.15, 0.2) is 29.3 Å². The highest BCUT2D eigenvalue weighted by molar-refractivity contribution is 7.91. The second-order valence-corrected chi connectivity index (χ2v) is 13.0. The van der Waals surface area contributed by atoms with Gasteiger partial charge < -0.3 is 20.3 Å². The molecular formula is C24H21ClF3N5O4S2. The van der Waals surface area contributed by atoms with Crippen molar-refractivity contribution in [3.05, 3.63) is 51.0 Å². The van der Waals surface area contributed by atoms with Crippen LogP contribution in [0.3, 0.4) is 0 Å². The van der Waals surface area contributed by atoms with Crippen molar-refractivity contribution in [1.29, 1.82) is 0 Å². The molecule has 0 radical (unpaired) electrons. The highest BCUT2D eigenvalue weighted by atomic mass is 35.5. The maximum absolute atomic E-state index is 14.0. The number of nitrogens with zero attached hydrogens (tertiary/aromatic N) is 3. The lowest BCUT2D eigenvalue weighted by Crippen LogP contribution is -2.52.